The second-order valence-electron chi connectivity index (χ2n) is 8.83. The average Bonchev–Trinajstić information content (AvgIpc) is 2.90. The van der Waals surface area contributed by atoms with Crippen molar-refractivity contribution in [3.05, 3.63) is 137 Å². The monoisotopic (exact) mass is 447 g/mol. The predicted molar refractivity (Wildman–Crippen MR) is 136 cm³/mol. The maximum absolute atomic E-state index is 14.0. The Labute approximate surface area is 201 Å². The zero-order valence-corrected chi connectivity index (χ0v) is 19.4. The third kappa shape index (κ3) is 4.34. The van der Waals surface area contributed by atoms with Crippen molar-refractivity contribution in [1.82, 2.24) is 5.32 Å². The molecule has 0 spiro atoms. The van der Waals surface area contributed by atoms with Gasteiger partial charge < -0.3 is 10.1 Å². The largest absolute Gasteiger partial charge is 0.496 e. The molecule has 1 aliphatic rings. The second-order valence-corrected chi connectivity index (χ2v) is 8.83. The molecule has 0 heterocycles. The second kappa shape index (κ2) is 9.96. The smallest absolute Gasteiger partial charge is 0.232 e. The number of fused-ring (bicyclic) bond motifs is 1. The van der Waals surface area contributed by atoms with Crippen molar-refractivity contribution in [3.63, 3.8) is 0 Å². The van der Waals surface area contributed by atoms with Crippen molar-refractivity contribution in [1.29, 1.82) is 0 Å². The highest BCUT2D eigenvalue weighted by Gasteiger charge is 2.35. The summed E-state index contributed by atoms with van der Waals surface area (Å²) in [5.41, 5.74) is 5.61. The first-order valence-corrected chi connectivity index (χ1v) is 11.9. The normalized spacial score (nSPS) is 17.1. The number of nitrogens with one attached hydrogen (secondary N) is 1. The van der Waals surface area contributed by atoms with Gasteiger partial charge in [0.25, 0.3) is 0 Å². The van der Waals surface area contributed by atoms with Gasteiger partial charge in [-0.2, -0.15) is 0 Å². The quantitative estimate of drug-likeness (QED) is 0.371. The molecule has 34 heavy (non-hydrogen) atoms. The van der Waals surface area contributed by atoms with Gasteiger partial charge in [-0.25, -0.2) is 0 Å². The lowest BCUT2D eigenvalue weighted by Crippen LogP contribution is -2.38. The Morgan fingerprint density at radius 2 is 1.32 bits per heavy atom. The summed E-state index contributed by atoms with van der Waals surface area (Å²) in [4.78, 5) is 14.0. The lowest BCUT2D eigenvalue weighted by molar-refractivity contribution is -0.122. The van der Waals surface area contributed by atoms with Crippen LogP contribution in [0.1, 0.15) is 52.1 Å². The number of para-hydroxylation sites is 1. The highest BCUT2D eigenvalue weighted by Crippen LogP contribution is 2.44. The molecule has 0 unspecified atom stereocenters. The van der Waals surface area contributed by atoms with Crippen LogP contribution in [-0.2, 0) is 11.2 Å². The molecule has 1 aliphatic carbocycles. The molecule has 0 saturated heterocycles. The lowest BCUT2D eigenvalue weighted by atomic mass is 9.75. The Morgan fingerprint density at radius 1 is 0.765 bits per heavy atom. The van der Waals surface area contributed by atoms with Crippen LogP contribution in [0.3, 0.4) is 0 Å². The number of ether oxygens (including phenoxy) is 1. The van der Waals surface area contributed by atoms with Gasteiger partial charge in [0.1, 0.15) is 5.75 Å². The summed E-state index contributed by atoms with van der Waals surface area (Å²) in [5.74, 6) is 0.629. The number of amides is 1. The van der Waals surface area contributed by atoms with Crippen LogP contribution in [0.2, 0.25) is 0 Å². The average molecular weight is 448 g/mol. The Kier molecular flexibility index (Phi) is 6.44. The molecule has 2 atom stereocenters. The molecule has 0 aliphatic heterocycles. The highest BCUT2D eigenvalue weighted by atomic mass is 16.5. The van der Waals surface area contributed by atoms with E-state index in [0.717, 1.165) is 35.3 Å². The van der Waals surface area contributed by atoms with Crippen LogP contribution in [0, 0.1) is 0 Å². The molecular formula is C31H29NO2. The molecule has 0 saturated carbocycles. The molecule has 5 rings (SSSR count). The minimum atomic E-state index is -0.380. The number of rotatable bonds is 6. The van der Waals surface area contributed by atoms with Crippen LogP contribution in [0.5, 0.6) is 5.75 Å². The van der Waals surface area contributed by atoms with E-state index in [0.29, 0.717) is 0 Å². The van der Waals surface area contributed by atoms with E-state index in [1.165, 1.54) is 11.1 Å². The third-order valence-electron chi connectivity index (χ3n) is 6.88. The van der Waals surface area contributed by atoms with Gasteiger partial charge in [-0.05, 0) is 46.7 Å². The molecule has 3 nitrogen and oxygen atoms in total. The third-order valence-corrected chi connectivity index (χ3v) is 6.88. The maximum Gasteiger partial charge on any atom is 0.232 e. The maximum atomic E-state index is 14.0. The number of hydrogen-bond donors (Lipinski definition) is 1. The minimum Gasteiger partial charge on any atom is -0.496 e. The molecule has 0 radical (unpaired) electrons. The fraction of sp³-hybridized carbons (Fsp3) is 0.194. The fourth-order valence-corrected chi connectivity index (χ4v) is 5.27. The zero-order valence-electron chi connectivity index (χ0n) is 19.4. The first-order valence-electron chi connectivity index (χ1n) is 11.9. The standard InChI is InChI=1S/C31H29NO2/c1-34-28-19-11-10-18-26(28)27-21-20-22-12-8-9-17-25(22)30(27)32-31(33)29(23-13-4-2-5-14-23)24-15-6-3-7-16-24/h2-19,27,29-30H,20-21H2,1H3,(H,32,33)/t27-,30-/m0/s1. The molecule has 3 heteroatoms. The first-order chi connectivity index (χ1) is 16.8. The summed E-state index contributed by atoms with van der Waals surface area (Å²) in [6.07, 6.45) is 1.93. The molecule has 0 aromatic heterocycles. The van der Waals surface area contributed by atoms with Gasteiger partial charge in [0.05, 0.1) is 19.1 Å². The van der Waals surface area contributed by atoms with E-state index in [2.05, 4.69) is 35.6 Å². The van der Waals surface area contributed by atoms with Crippen molar-refractivity contribution in [2.45, 2.75) is 30.7 Å². The van der Waals surface area contributed by atoms with E-state index in [4.69, 9.17) is 4.74 Å². The van der Waals surface area contributed by atoms with Crippen molar-refractivity contribution >= 4 is 5.91 Å². The van der Waals surface area contributed by atoms with Crippen LogP contribution >= 0.6 is 0 Å². The van der Waals surface area contributed by atoms with Crippen molar-refractivity contribution in [2.24, 2.45) is 0 Å². The van der Waals surface area contributed by atoms with Gasteiger partial charge in [-0.15, -0.1) is 0 Å². The number of methoxy groups -OCH3 is 1. The molecule has 4 aromatic carbocycles. The summed E-state index contributed by atoms with van der Waals surface area (Å²) in [6, 6.07) is 36.6. The van der Waals surface area contributed by atoms with Crippen molar-refractivity contribution in [2.75, 3.05) is 7.11 Å². The summed E-state index contributed by atoms with van der Waals surface area (Å²) in [5, 5.41) is 3.48. The summed E-state index contributed by atoms with van der Waals surface area (Å²) < 4.78 is 5.71. The number of benzene rings is 4. The van der Waals surface area contributed by atoms with E-state index >= 15 is 0 Å². The number of carbonyl (C=O) groups is 1. The van der Waals surface area contributed by atoms with Gasteiger partial charge >= 0.3 is 0 Å². The molecule has 170 valence electrons. The molecular weight excluding hydrogens is 418 g/mol. The van der Waals surface area contributed by atoms with Gasteiger partial charge in [0.2, 0.25) is 5.91 Å². The molecule has 1 N–H and O–H groups in total. The topological polar surface area (TPSA) is 38.3 Å². The minimum absolute atomic E-state index is 0.0130. The number of hydrogen-bond acceptors (Lipinski definition) is 2. The number of aryl methyl sites for hydroxylation is 1. The van der Waals surface area contributed by atoms with Crippen LogP contribution in [0.4, 0.5) is 0 Å². The highest BCUT2D eigenvalue weighted by molar-refractivity contribution is 5.87. The SMILES string of the molecule is COc1ccccc1[C@@H]1CCc2ccccc2[C@@H]1NC(=O)C(c1ccccc1)c1ccccc1. The molecule has 4 aromatic rings. The summed E-state index contributed by atoms with van der Waals surface area (Å²) >= 11 is 0. The van der Waals surface area contributed by atoms with Gasteiger partial charge in [-0.1, -0.05) is 103 Å². The Balaban J connectivity index is 1.56. The van der Waals surface area contributed by atoms with Gasteiger partial charge in [-0.3, -0.25) is 4.79 Å². The van der Waals surface area contributed by atoms with Crippen molar-refractivity contribution < 1.29 is 9.53 Å². The van der Waals surface area contributed by atoms with E-state index in [1.54, 1.807) is 7.11 Å². The van der Waals surface area contributed by atoms with Crippen LogP contribution in [0.25, 0.3) is 0 Å². The summed E-state index contributed by atoms with van der Waals surface area (Å²) in [7, 11) is 1.71. The van der Waals surface area contributed by atoms with E-state index in [9.17, 15) is 4.79 Å². The van der Waals surface area contributed by atoms with E-state index in [1.807, 2.05) is 78.9 Å². The first kappa shape index (κ1) is 22.0. The summed E-state index contributed by atoms with van der Waals surface area (Å²) in [6.45, 7) is 0. The van der Waals surface area contributed by atoms with Crippen LogP contribution in [0.15, 0.2) is 109 Å². The van der Waals surface area contributed by atoms with E-state index < -0.39 is 0 Å². The zero-order chi connectivity index (χ0) is 23.3. The van der Waals surface area contributed by atoms with Gasteiger partial charge in [0.15, 0.2) is 0 Å². The molecule has 0 bridgehead atoms. The fourth-order valence-electron chi connectivity index (χ4n) is 5.27. The van der Waals surface area contributed by atoms with Crippen LogP contribution < -0.4 is 10.1 Å². The molecule has 1 amide bonds. The van der Waals surface area contributed by atoms with E-state index in [-0.39, 0.29) is 23.8 Å². The Bertz CT molecular complexity index is 1210. The Hall–Kier alpha value is -3.85. The Morgan fingerprint density at radius 3 is 1.97 bits per heavy atom. The lowest BCUT2D eigenvalue weighted by Gasteiger charge is -2.36. The van der Waals surface area contributed by atoms with Crippen LogP contribution in [-0.4, -0.2) is 13.0 Å². The molecule has 0 fully saturated rings. The van der Waals surface area contributed by atoms with Crippen molar-refractivity contribution in [3.8, 4) is 5.75 Å². The predicted octanol–water partition coefficient (Wildman–Crippen LogP) is 6.41. The van der Waals surface area contributed by atoms with Gasteiger partial charge in [0, 0.05) is 5.92 Å². The number of carbonyl (C=O) groups excluding carboxylic acids is 1.